The van der Waals surface area contributed by atoms with Crippen molar-refractivity contribution in [2.24, 2.45) is 0 Å². The van der Waals surface area contributed by atoms with Gasteiger partial charge in [0.15, 0.2) is 0 Å². The zero-order valence-corrected chi connectivity index (χ0v) is 15.4. The van der Waals surface area contributed by atoms with Crippen LogP contribution < -0.4 is 15.4 Å². The first-order valence-electron chi connectivity index (χ1n) is 7.96. The fourth-order valence-electron chi connectivity index (χ4n) is 2.93. The van der Waals surface area contributed by atoms with Crippen molar-refractivity contribution in [3.63, 3.8) is 0 Å². The summed E-state index contributed by atoms with van der Waals surface area (Å²) < 4.78 is 27.7. The normalized spacial score (nSPS) is 19.8. The molecule has 3 amide bonds. The summed E-state index contributed by atoms with van der Waals surface area (Å²) in [5, 5.41) is 4.75. The van der Waals surface area contributed by atoms with E-state index in [-0.39, 0.29) is 4.90 Å². The largest absolute Gasteiger partial charge is 0.322 e. The van der Waals surface area contributed by atoms with E-state index in [2.05, 4.69) is 15.4 Å². The van der Waals surface area contributed by atoms with Crippen LogP contribution in [0.1, 0.15) is 23.6 Å². The Morgan fingerprint density at radius 2 is 1.65 bits per heavy atom. The first-order valence-corrected chi connectivity index (χ1v) is 9.44. The van der Waals surface area contributed by atoms with Crippen molar-refractivity contribution >= 4 is 27.6 Å². The number of nitrogens with one attached hydrogen (secondary N) is 3. The number of anilines is 1. The molecule has 136 valence electrons. The van der Waals surface area contributed by atoms with Crippen molar-refractivity contribution in [3.8, 4) is 0 Å². The van der Waals surface area contributed by atoms with Gasteiger partial charge in [0.05, 0.1) is 4.90 Å². The van der Waals surface area contributed by atoms with Crippen molar-refractivity contribution in [2.75, 3.05) is 4.72 Å². The van der Waals surface area contributed by atoms with E-state index in [0.717, 1.165) is 5.56 Å². The number of hydrogen-bond donors (Lipinski definition) is 3. The number of hydrogen-bond acceptors (Lipinski definition) is 4. The third-order valence-corrected chi connectivity index (χ3v) is 5.92. The Hall–Kier alpha value is -2.87. The molecule has 1 aliphatic heterocycles. The van der Waals surface area contributed by atoms with E-state index in [9.17, 15) is 18.0 Å². The van der Waals surface area contributed by atoms with Gasteiger partial charge in [0.2, 0.25) is 0 Å². The van der Waals surface area contributed by atoms with Crippen LogP contribution in [-0.4, -0.2) is 20.4 Å². The summed E-state index contributed by atoms with van der Waals surface area (Å²) in [7, 11) is -3.73. The molecule has 8 heteroatoms. The highest BCUT2D eigenvalue weighted by molar-refractivity contribution is 7.92. The maximum atomic E-state index is 12.6. The number of carbonyl (C=O) groups excluding carboxylic acids is 2. The standard InChI is InChI=1S/C18H19N3O4S/c1-11-4-9-15(12(2)10-11)26(24,25)21-14-7-5-13(6-8-14)18(3)16(22)19-17(23)20-18/h4-10,21H,1-3H3,(H2,19,20,22,23)/t18-/m0/s1. The Balaban J connectivity index is 1.85. The van der Waals surface area contributed by atoms with Gasteiger partial charge in [0.25, 0.3) is 15.9 Å². The Morgan fingerprint density at radius 1 is 1.00 bits per heavy atom. The number of sulfonamides is 1. The van der Waals surface area contributed by atoms with Gasteiger partial charge in [-0.25, -0.2) is 13.2 Å². The second-order valence-electron chi connectivity index (χ2n) is 6.49. The zero-order valence-electron chi connectivity index (χ0n) is 14.6. The molecular weight excluding hydrogens is 354 g/mol. The lowest BCUT2D eigenvalue weighted by Crippen LogP contribution is -2.40. The van der Waals surface area contributed by atoms with Gasteiger partial charge in [0.1, 0.15) is 5.54 Å². The molecule has 1 fully saturated rings. The van der Waals surface area contributed by atoms with Gasteiger partial charge in [0, 0.05) is 5.69 Å². The summed E-state index contributed by atoms with van der Waals surface area (Å²) in [4.78, 5) is 23.5. The molecule has 0 aromatic heterocycles. The molecule has 3 rings (SSSR count). The van der Waals surface area contributed by atoms with E-state index in [0.29, 0.717) is 16.8 Å². The Kier molecular flexibility index (Phi) is 4.23. The van der Waals surface area contributed by atoms with Gasteiger partial charge in [-0.05, 0) is 50.1 Å². The molecular formula is C18H19N3O4S. The fraction of sp³-hybridized carbons (Fsp3) is 0.222. The lowest BCUT2D eigenvalue weighted by atomic mass is 9.92. The van der Waals surface area contributed by atoms with Crippen molar-refractivity contribution in [2.45, 2.75) is 31.2 Å². The molecule has 1 atom stereocenters. The van der Waals surface area contributed by atoms with Crippen LogP contribution in [0.3, 0.4) is 0 Å². The molecule has 2 aromatic carbocycles. The summed E-state index contributed by atoms with van der Waals surface area (Å²) >= 11 is 0. The predicted molar refractivity (Wildman–Crippen MR) is 97.2 cm³/mol. The van der Waals surface area contributed by atoms with Gasteiger partial charge < -0.3 is 5.32 Å². The van der Waals surface area contributed by atoms with Crippen LogP contribution >= 0.6 is 0 Å². The Labute approximate surface area is 151 Å². The van der Waals surface area contributed by atoms with Gasteiger partial charge in [-0.1, -0.05) is 29.8 Å². The highest BCUT2D eigenvalue weighted by Gasteiger charge is 2.43. The third-order valence-electron chi connectivity index (χ3n) is 4.38. The van der Waals surface area contributed by atoms with E-state index in [1.54, 1.807) is 56.3 Å². The van der Waals surface area contributed by atoms with E-state index < -0.39 is 27.5 Å². The SMILES string of the molecule is Cc1ccc(S(=O)(=O)Nc2ccc([C@]3(C)NC(=O)NC3=O)cc2)c(C)c1. The van der Waals surface area contributed by atoms with Crippen molar-refractivity contribution in [3.05, 3.63) is 59.2 Å². The van der Waals surface area contributed by atoms with E-state index in [4.69, 9.17) is 0 Å². The quantitative estimate of drug-likeness (QED) is 0.714. The van der Waals surface area contributed by atoms with E-state index >= 15 is 0 Å². The molecule has 1 heterocycles. The zero-order chi connectivity index (χ0) is 19.1. The number of aryl methyl sites for hydroxylation is 2. The molecule has 0 saturated carbocycles. The van der Waals surface area contributed by atoms with Gasteiger partial charge in [-0.2, -0.15) is 0 Å². The minimum absolute atomic E-state index is 0.210. The minimum Gasteiger partial charge on any atom is -0.320 e. The van der Waals surface area contributed by atoms with Gasteiger partial charge in [-0.3, -0.25) is 14.8 Å². The molecule has 26 heavy (non-hydrogen) atoms. The number of urea groups is 1. The lowest BCUT2D eigenvalue weighted by Gasteiger charge is -2.21. The topological polar surface area (TPSA) is 104 Å². The highest BCUT2D eigenvalue weighted by atomic mass is 32.2. The maximum absolute atomic E-state index is 12.6. The molecule has 1 saturated heterocycles. The van der Waals surface area contributed by atoms with Crippen LogP contribution in [-0.2, 0) is 20.4 Å². The average molecular weight is 373 g/mol. The fourth-order valence-corrected chi connectivity index (χ4v) is 4.22. The summed E-state index contributed by atoms with van der Waals surface area (Å²) in [5.74, 6) is -0.453. The molecule has 3 N–H and O–H groups in total. The van der Waals surface area contributed by atoms with Crippen LogP contribution in [0.2, 0.25) is 0 Å². The number of carbonyl (C=O) groups is 2. The van der Waals surface area contributed by atoms with E-state index in [1.807, 2.05) is 6.92 Å². The van der Waals surface area contributed by atoms with Crippen molar-refractivity contribution in [1.82, 2.24) is 10.6 Å². The summed E-state index contributed by atoms with van der Waals surface area (Å²) in [6, 6.07) is 10.9. The van der Waals surface area contributed by atoms with Crippen LogP contribution in [0.5, 0.6) is 0 Å². The third kappa shape index (κ3) is 3.15. The van der Waals surface area contributed by atoms with E-state index in [1.165, 1.54) is 0 Å². The monoisotopic (exact) mass is 373 g/mol. The number of benzene rings is 2. The number of imide groups is 1. The summed E-state index contributed by atoms with van der Waals surface area (Å²) in [5.41, 5.74) is 1.38. The molecule has 0 aliphatic carbocycles. The number of amides is 3. The predicted octanol–water partition coefficient (Wildman–Crippen LogP) is 2.16. The molecule has 1 aliphatic rings. The average Bonchev–Trinajstić information content (AvgIpc) is 2.80. The molecule has 7 nitrogen and oxygen atoms in total. The first-order chi connectivity index (χ1) is 12.1. The second kappa shape index (κ2) is 6.14. The molecule has 2 aromatic rings. The molecule has 0 spiro atoms. The van der Waals surface area contributed by atoms with Gasteiger partial charge >= 0.3 is 6.03 Å². The van der Waals surface area contributed by atoms with Crippen LogP contribution in [0.25, 0.3) is 0 Å². The second-order valence-corrected chi connectivity index (χ2v) is 8.14. The summed E-state index contributed by atoms with van der Waals surface area (Å²) in [6.45, 7) is 5.23. The lowest BCUT2D eigenvalue weighted by molar-refractivity contribution is -0.123. The van der Waals surface area contributed by atoms with Crippen LogP contribution in [0.4, 0.5) is 10.5 Å². The van der Waals surface area contributed by atoms with Gasteiger partial charge in [-0.15, -0.1) is 0 Å². The van der Waals surface area contributed by atoms with Crippen molar-refractivity contribution < 1.29 is 18.0 Å². The minimum atomic E-state index is -3.73. The maximum Gasteiger partial charge on any atom is 0.322 e. The molecule has 0 radical (unpaired) electrons. The highest BCUT2D eigenvalue weighted by Crippen LogP contribution is 2.27. The molecule has 0 bridgehead atoms. The molecule has 0 unspecified atom stereocenters. The van der Waals surface area contributed by atoms with Crippen LogP contribution in [0.15, 0.2) is 47.4 Å². The Morgan fingerprint density at radius 3 is 2.19 bits per heavy atom. The Bertz CT molecular complexity index is 1000. The van der Waals surface area contributed by atoms with Crippen molar-refractivity contribution in [1.29, 1.82) is 0 Å². The smallest absolute Gasteiger partial charge is 0.320 e. The summed E-state index contributed by atoms with van der Waals surface area (Å²) in [6.07, 6.45) is 0. The number of rotatable bonds is 4. The van der Waals surface area contributed by atoms with Crippen LogP contribution in [0, 0.1) is 13.8 Å². The first kappa shape index (κ1) is 17.9.